The lowest BCUT2D eigenvalue weighted by Gasteiger charge is -2.30. The van der Waals surface area contributed by atoms with Crippen molar-refractivity contribution in [2.45, 2.75) is 44.6 Å². The summed E-state index contributed by atoms with van der Waals surface area (Å²) in [4.78, 5) is 14.8. The Hall–Kier alpha value is -1.07. The van der Waals surface area contributed by atoms with Gasteiger partial charge < -0.3 is 16.0 Å². The van der Waals surface area contributed by atoms with Crippen LogP contribution in [0.5, 0.6) is 0 Å². The topological polar surface area (TPSA) is 58.4 Å². The van der Waals surface area contributed by atoms with E-state index < -0.39 is 0 Å². The number of nitrogens with zero attached hydrogens (tertiary/aromatic N) is 1. The fourth-order valence-electron chi connectivity index (χ4n) is 2.94. The van der Waals surface area contributed by atoms with E-state index in [0.29, 0.717) is 12.0 Å². The molecule has 4 nitrogen and oxygen atoms in total. The molecule has 1 aromatic rings. The predicted molar refractivity (Wildman–Crippen MR) is 84.9 cm³/mol. The van der Waals surface area contributed by atoms with Crippen molar-refractivity contribution in [3.8, 4) is 0 Å². The quantitative estimate of drug-likeness (QED) is 0.838. The van der Waals surface area contributed by atoms with E-state index in [1.165, 1.54) is 18.4 Å². The molecule has 2 fully saturated rings. The first-order valence-electron chi connectivity index (χ1n) is 7.44. The van der Waals surface area contributed by atoms with E-state index in [9.17, 15) is 4.79 Å². The number of ketones is 1. The summed E-state index contributed by atoms with van der Waals surface area (Å²) in [7, 11) is 2.17. The highest BCUT2D eigenvalue weighted by atomic mass is 32.1. The Kier molecular flexibility index (Phi) is 3.73. The van der Waals surface area contributed by atoms with E-state index in [1.807, 2.05) is 0 Å². The van der Waals surface area contributed by atoms with Crippen LogP contribution < -0.4 is 11.1 Å². The van der Waals surface area contributed by atoms with Gasteiger partial charge in [-0.3, -0.25) is 4.79 Å². The zero-order valence-electron chi connectivity index (χ0n) is 12.2. The molecule has 0 amide bonds. The molecule has 2 aliphatic rings. The summed E-state index contributed by atoms with van der Waals surface area (Å²) in [5.41, 5.74) is 8.17. The number of nitrogens with one attached hydrogen (secondary N) is 1. The number of hydrogen-bond donors (Lipinski definition) is 2. The molecule has 0 spiro atoms. The molecule has 3 rings (SSSR count). The first-order valence-corrected chi connectivity index (χ1v) is 8.26. The number of piperidine rings is 1. The van der Waals surface area contributed by atoms with E-state index in [4.69, 9.17) is 5.73 Å². The second-order valence-corrected chi connectivity index (χ2v) is 7.16. The molecule has 5 heteroatoms. The lowest BCUT2D eigenvalue weighted by atomic mass is 10.0. The van der Waals surface area contributed by atoms with E-state index in [2.05, 4.69) is 17.3 Å². The Labute approximate surface area is 124 Å². The number of nitrogens with two attached hydrogens (primary N) is 1. The van der Waals surface area contributed by atoms with Crippen LogP contribution in [0.1, 0.15) is 53.8 Å². The van der Waals surface area contributed by atoms with Crippen LogP contribution in [0.25, 0.3) is 0 Å². The molecule has 20 heavy (non-hydrogen) atoms. The Bertz CT molecular complexity index is 513. The summed E-state index contributed by atoms with van der Waals surface area (Å²) in [6.07, 6.45) is 4.74. The number of nitrogen functional groups attached to an aromatic ring is 1. The third-order valence-electron chi connectivity index (χ3n) is 4.34. The number of hydrogen-bond acceptors (Lipinski definition) is 5. The normalized spacial score (nSPS) is 21.1. The first-order chi connectivity index (χ1) is 9.56. The Balaban J connectivity index is 1.81. The van der Waals surface area contributed by atoms with E-state index in [0.717, 1.165) is 41.5 Å². The van der Waals surface area contributed by atoms with Crippen molar-refractivity contribution in [2.75, 3.05) is 31.2 Å². The summed E-state index contributed by atoms with van der Waals surface area (Å²) < 4.78 is 0. The fourth-order valence-corrected chi connectivity index (χ4v) is 4.12. The van der Waals surface area contributed by atoms with Gasteiger partial charge in [0.05, 0.1) is 15.6 Å². The SMILES string of the molecule is CC(=O)c1sc(NC2CCN(C)CC2)c(C2CC2)c1N. The molecule has 110 valence electrons. The number of anilines is 2. The summed E-state index contributed by atoms with van der Waals surface area (Å²) in [5, 5.41) is 4.82. The van der Waals surface area contributed by atoms with Crippen LogP contribution in [0.4, 0.5) is 10.7 Å². The van der Waals surface area contributed by atoms with Gasteiger partial charge in [0.1, 0.15) is 0 Å². The molecule has 1 saturated carbocycles. The summed E-state index contributed by atoms with van der Waals surface area (Å²) in [6.45, 7) is 3.88. The maximum atomic E-state index is 11.7. The van der Waals surface area contributed by atoms with Gasteiger partial charge in [-0.15, -0.1) is 11.3 Å². The van der Waals surface area contributed by atoms with E-state index in [-0.39, 0.29) is 5.78 Å². The molecule has 0 bridgehead atoms. The number of thiophene rings is 1. The van der Waals surface area contributed by atoms with Gasteiger partial charge in [0.2, 0.25) is 0 Å². The molecular formula is C15H23N3OS. The molecule has 0 radical (unpaired) electrons. The minimum Gasteiger partial charge on any atom is -0.397 e. The number of carbonyl (C=O) groups excluding carboxylic acids is 1. The van der Waals surface area contributed by atoms with Crippen LogP contribution >= 0.6 is 11.3 Å². The van der Waals surface area contributed by atoms with Crippen LogP contribution in [0.3, 0.4) is 0 Å². The molecular weight excluding hydrogens is 270 g/mol. The fraction of sp³-hybridized carbons (Fsp3) is 0.667. The van der Waals surface area contributed by atoms with Crippen LogP contribution in [0, 0.1) is 0 Å². The molecule has 1 aromatic heterocycles. The standard InChI is InChI=1S/C15H23N3OS/c1-9(19)14-13(16)12(10-3-4-10)15(20-14)17-11-5-7-18(2)8-6-11/h10-11,17H,3-8,16H2,1-2H3. The van der Waals surface area contributed by atoms with Gasteiger partial charge in [0, 0.05) is 18.5 Å². The van der Waals surface area contributed by atoms with Crippen molar-refractivity contribution in [2.24, 2.45) is 0 Å². The molecule has 3 N–H and O–H groups in total. The maximum Gasteiger partial charge on any atom is 0.171 e. The molecule has 1 saturated heterocycles. The van der Waals surface area contributed by atoms with Crippen molar-refractivity contribution in [1.29, 1.82) is 0 Å². The molecule has 1 aliphatic heterocycles. The van der Waals surface area contributed by atoms with Crippen LogP contribution in [-0.2, 0) is 0 Å². The third kappa shape index (κ3) is 2.69. The van der Waals surface area contributed by atoms with Gasteiger partial charge in [-0.25, -0.2) is 0 Å². The molecule has 0 aromatic carbocycles. The highest BCUT2D eigenvalue weighted by Crippen LogP contribution is 2.51. The monoisotopic (exact) mass is 293 g/mol. The second kappa shape index (κ2) is 5.37. The Morgan fingerprint density at radius 2 is 1.95 bits per heavy atom. The van der Waals surface area contributed by atoms with Gasteiger partial charge in [-0.05, 0) is 51.7 Å². The zero-order valence-corrected chi connectivity index (χ0v) is 13.1. The van der Waals surface area contributed by atoms with Crippen molar-refractivity contribution in [1.82, 2.24) is 4.90 Å². The molecule has 1 aliphatic carbocycles. The summed E-state index contributed by atoms with van der Waals surface area (Å²) in [5.74, 6) is 0.666. The number of rotatable bonds is 4. The average molecular weight is 293 g/mol. The third-order valence-corrected chi connectivity index (χ3v) is 5.60. The van der Waals surface area contributed by atoms with Gasteiger partial charge in [0.25, 0.3) is 0 Å². The van der Waals surface area contributed by atoms with Crippen LogP contribution in [0.2, 0.25) is 0 Å². The maximum absolute atomic E-state index is 11.7. The largest absolute Gasteiger partial charge is 0.397 e. The molecule has 0 atom stereocenters. The number of Topliss-reactive ketones (excluding diaryl/α,β-unsaturated/α-hetero) is 1. The predicted octanol–water partition coefficient (Wildman–Crippen LogP) is 2.92. The zero-order chi connectivity index (χ0) is 14.3. The van der Waals surface area contributed by atoms with Gasteiger partial charge in [0.15, 0.2) is 5.78 Å². The van der Waals surface area contributed by atoms with Gasteiger partial charge >= 0.3 is 0 Å². The number of carbonyl (C=O) groups is 1. The average Bonchev–Trinajstić information content (AvgIpc) is 3.17. The van der Waals surface area contributed by atoms with E-state index in [1.54, 1.807) is 18.3 Å². The van der Waals surface area contributed by atoms with Crippen molar-refractivity contribution < 1.29 is 4.79 Å². The molecule has 0 unspecified atom stereocenters. The second-order valence-electron chi connectivity index (χ2n) is 6.14. The van der Waals surface area contributed by atoms with Gasteiger partial charge in [-0.1, -0.05) is 0 Å². The van der Waals surface area contributed by atoms with Crippen LogP contribution in [-0.4, -0.2) is 36.9 Å². The Morgan fingerprint density at radius 1 is 1.30 bits per heavy atom. The van der Waals surface area contributed by atoms with Crippen molar-refractivity contribution in [3.63, 3.8) is 0 Å². The first kappa shape index (κ1) is 13.9. The lowest BCUT2D eigenvalue weighted by molar-refractivity contribution is 0.102. The van der Waals surface area contributed by atoms with Crippen molar-refractivity contribution in [3.05, 3.63) is 10.4 Å². The summed E-state index contributed by atoms with van der Waals surface area (Å²) >= 11 is 1.56. The van der Waals surface area contributed by atoms with Gasteiger partial charge in [-0.2, -0.15) is 0 Å². The van der Waals surface area contributed by atoms with E-state index >= 15 is 0 Å². The van der Waals surface area contributed by atoms with Crippen LogP contribution in [0.15, 0.2) is 0 Å². The lowest BCUT2D eigenvalue weighted by Crippen LogP contribution is -2.36. The minimum absolute atomic E-state index is 0.0887. The molecule has 2 heterocycles. The minimum atomic E-state index is 0.0887. The smallest absolute Gasteiger partial charge is 0.171 e. The van der Waals surface area contributed by atoms with Crippen molar-refractivity contribution >= 4 is 27.8 Å². The highest BCUT2D eigenvalue weighted by Gasteiger charge is 2.33. The Morgan fingerprint density at radius 3 is 2.50 bits per heavy atom. The number of likely N-dealkylation sites (tertiary alicyclic amines) is 1. The highest BCUT2D eigenvalue weighted by molar-refractivity contribution is 7.18. The summed E-state index contributed by atoms with van der Waals surface area (Å²) in [6, 6.07) is 0.515.